The molecule has 1 atom stereocenters. The van der Waals surface area contributed by atoms with E-state index in [9.17, 15) is 0 Å². The molecule has 0 heterocycles. The predicted molar refractivity (Wildman–Crippen MR) is 49.7 cm³/mol. The summed E-state index contributed by atoms with van der Waals surface area (Å²) in [5.74, 6) is 2.59. The van der Waals surface area contributed by atoms with Crippen molar-refractivity contribution in [2.45, 2.75) is 38.7 Å². The second-order valence-corrected chi connectivity index (χ2v) is 2.72. The standard InChI is InChI=1S/C10H18O2/c1-4-6-7-8-10(5-2)12-9-11-3/h2,10H,4,6-9H2,1,3H3/t10-/m1/s1. The highest BCUT2D eigenvalue weighted by Gasteiger charge is 2.03. The van der Waals surface area contributed by atoms with Crippen LogP contribution in [0.25, 0.3) is 0 Å². The zero-order valence-corrected chi connectivity index (χ0v) is 8.01. The second kappa shape index (κ2) is 8.58. The van der Waals surface area contributed by atoms with Crippen LogP contribution in [0.2, 0.25) is 0 Å². The number of hydrogen-bond acceptors (Lipinski definition) is 2. The first kappa shape index (κ1) is 11.5. The maximum absolute atomic E-state index is 5.27. The third-order valence-electron chi connectivity index (χ3n) is 1.64. The number of terminal acetylenes is 1. The van der Waals surface area contributed by atoms with E-state index < -0.39 is 0 Å². The van der Waals surface area contributed by atoms with Gasteiger partial charge in [0, 0.05) is 7.11 Å². The number of unbranched alkanes of at least 4 members (excludes halogenated alkanes) is 2. The highest BCUT2D eigenvalue weighted by molar-refractivity contribution is 4.94. The van der Waals surface area contributed by atoms with Gasteiger partial charge < -0.3 is 9.47 Å². The summed E-state index contributed by atoms with van der Waals surface area (Å²) in [6.45, 7) is 2.46. The van der Waals surface area contributed by atoms with Crippen molar-refractivity contribution in [3.63, 3.8) is 0 Å². The first-order valence-corrected chi connectivity index (χ1v) is 4.41. The summed E-state index contributed by atoms with van der Waals surface area (Å²) in [4.78, 5) is 0. The van der Waals surface area contributed by atoms with Crippen LogP contribution in [0.1, 0.15) is 32.6 Å². The molecule has 0 bridgehead atoms. The van der Waals surface area contributed by atoms with Gasteiger partial charge in [-0.2, -0.15) is 0 Å². The molecule has 0 aliphatic carbocycles. The van der Waals surface area contributed by atoms with Crippen LogP contribution >= 0.6 is 0 Å². The van der Waals surface area contributed by atoms with Gasteiger partial charge in [-0.15, -0.1) is 6.42 Å². The number of hydrogen-bond donors (Lipinski definition) is 0. The summed E-state index contributed by atoms with van der Waals surface area (Å²) in [6.07, 6.45) is 9.69. The minimum absolute atomic E-state index is 0.0727. The van der Waals surface area contributed by atoms with E-state index in [1.54, 1.807) is 7.11 Å². The van der Waals surface area contributed by atoms with E-state index in [0.717, 1.165) is 12.8 Å². The van der Waals surface area contributed by atoms with E-state index in [4.69, 9.17) is 15.9 Å². The summed E-state index contributed by atoms with van der Waals surface area (Å²) < 4.78 is 9.99. The van der Waals surface area contributed by atoms with Gasteiger partial charge in [-0.25, -0.2) is 0 Å². The Bertz CT molecular complexity index is 126. The molecule has 2 heteroatoms. The normalized spacial score (nSPS) is 12.4. The fourth-order valence-corrected chi connectivity index (χ4v) is 0.945. The minimum atomic E-state index is -0.0727. The van der Waals surface area contributed by atoms with Crippen LogP contribution in [-0.2, 0) is 9.47 Å². The van der Waals surface area contributed by atoms with Crippen molar-refractivity contribution in [1.82, 2.24) is 0 Å². The third kappa shape index (κ3) is 6.21. The van der Waals surface area contributed by atoms with Gasteiger partial charge in [0.05, 0.1) is 0 Å². The average Bonchev–Trinajstić information content (AvgIpc) is 2.11. The summed E-state index contributed by atoms with van der Waals surface area (Å²) in [5.41, 5.74) is 0. The van der Waals surface area contributed by atoms with Gasteiger partial charge in [-0.1, -0.05) is 25.7 Å². The summed E-state index contributed by atoms with van der Waals surface area (Å²) >= 11 is 0. The molecule has 0 rings (SSSR count). The molecule has 0 spiro atoms. The fourth-order valence-electron chi connectivity index (χ4n) is 0.945. The van der Waals surface area contributed by atoms with Crippen molar-refractivity contribution >= 4 is 0 Å². The van der Waals surface area contributed by atoms with Crippen molar-refractivity contribution < 1.29 is 9.47 Å². The summed E-state index contributed by atoms with van der Waals surface area (Å²) in [7, 11) is 1.60. The molecule has 12 heavy (non-hydrogen) atoms. The van der Waals surface area contributed by atoms with Gasteiger partial charge in [-0.3, -0.25) is 0 Å². The number of rotatable bonds is 7. The van der Waals surface area contributed by atoms with Gasteiger partial charge >= 0.3 is 0 Å². The van der Waals surface area contributed by atoms with Crippen LogP contribution in [0.3, 0.4) is 0 Å². The average molecular weight is 170 g/mol. The Hall–Kier alpha value is -0.520. The van der Waals surface area contributed by atoms with Crippen molar-refractivity contribution in [3.8, 4) is 12.3 Å². The van der Waals surface area contributed by atoms with Crippen LogP contribution < -0.4 is 0 Å². The molecular formula is C10H18O2. The molecule has 0 aromatic rings. The van der Waals surface area contributed by atoms with E-state index in [1.807, 2.05) is 0 Å². The SMILES string of the molecule is C#C[C@H](CCCCC)OCOC. The lowest BCUT2D eigenvalue weighted by molar-refractivity contribution is -0.0547. The number of methoxy groups -OCH3 is 1. The van der Waals surface area contributed by atoms with Crippen LogP contribution in [0, 0.1) is 12.3 Å². The van der Waals surface area contributed by atoms with Crippen molar-refractivity contribution in [2.75, 3.05) is 13.9 Å². The maximum atomic E-state index is 5.27. The smallest absolute Gasteiger partial charge is 0.148 e. The second-order valence-electron chi connectivity index (χ2n) is 2.72. The zero-order valence-electron chi connectivity index (χ0n) is 8.01. The third-order valence-corrected chi connectivity index (χ3v) is 1.64. The first-order chi connectivity index (χ1) is 5.85. The van der Waals surface area contributed by atoms with E-state index in [-0.39, 0.29) is 6.10 Å². The lowest BCUT2D eigenvalue weighted by Crippen LogP contribution is -2.11. The van der Waals surface area contributed by atoms with E-state index >= 15 is 0 Å². The van der Waals surface area contributed by atoms with Crippen molar-refractivity contribution in [1.29, 1.82) is 0 Å². The molecule has 0 aromatic heterocycles. The van der Waals surface area contributed by atoms with Crippen LogP contribution in [0.4, 0.5) is 0 Å². The van der Waals surface area contributed by atoms with Crippen LogP contribution in [0.15, 0.2) is 0 Å². The van der Waals surface area contributed by atoms with Gasteiger partial charge in [0.15, 0.2) is 0 Å². The lowest BCUT2D eigenvalue weighted by atomic mass is 10.1. The molecule has 0 saturated carbocycles. The summed E-state index contributed by atoms with van der Waals surface area (Å²) in [6, 6.07) is 0. The van der Waals surface area contributed by atoms with Gasteiger partial charge in [-0.05, 0) is 12.8 Å². The first-order valence-electron chi connectivity index (χ1n) is 4.41. The molecule has 0 aliphatic heterocycles. The topological polar surface area (TPSA) is 18.5 Å². The Labute approximate surface area is 75.3 Å². The Morgan fingerprint density at radius 2 is 2.17 bits per heavy atom. The molecule has 0 aromatic carbocycles. The van der Waals surface area contributed by atoms with Crippen LogP contribution in [0.5, 0.6) is 0 Å². The monoisotopic (exact) mass is 170 g/mol. The van der Waals surface area contributed by atoms with Crippen molar-refractivity contribution in [2.24, 2.45) is 0 Å². The molecule has 0 radical (unpaired) electrons. The highest BCUT2D eigenvalue weighted by atomic mass is 16.7. The molecule has 0 aliphatic rings. The molecule has 0 N–H and O–H groups in total. The Morgan fingerprint density at radius 1 is 1.42 bits per heavy atom. The Morgan fingerprint density at radius 3 is 2.67 bits per heavy atom. The van der Waals surface area contributed by atoms with Gasteiger partial charge in [0.2, 0.25) is 0 Å². The molecule has 0 amide bonds. The molecule has 70 valence electrons. The Kier molecular flexibility index (Phi) is 8.20. The largest absolute Gasteiger partial charge is 0.359 e. The van der Waals surface area contributed by atoms with Crippen molar-refractivity contribution in [3.05, 3.63) is 0 Å². The van der Waals surface area contributed by atoms with Gasteiger partial charge in [0.1, 0.15) is 12.9 Å². The molecule has 0 fully saturated rings. The van der Waals surface area contributed by atoms with E-state index in [2.05, 4.69) is 12.8 Å². The molecular weight excluding hydrogens is 152 g/mol. The fraction of sp³-hybridized carbons (Fsp3) is 0.800. The van der Waals surface area contributed by atoms with Crippen LogP contribution in [-0.4, -0.2) is 20.0 Å². The number of ether oxygens (including phenoxy) is 2. The molecule has 0 saturated heterocycles. The summed E-state index contributed by atoms with van der Waals surface area (Å²) in [5, 5.41) is 0. The van der Waals surface area contributed by atoms with Gasteiger partial charge in [0.25, 0.3) is 0 Å². The lowest BCUT2D eigenvalue weighted by Gasteiger charge is -2.10. The van der Waals surface area contributed by atoms with E-state index in [0.29, 0.717) is 6.79 Å². The minimum Gasteiger partial charge on any atom is -0.359 e. The zero-order chi connectivity index (χ0) is 9.23. The van der Waals surface area contributed by atoms with E-state index in [1.165, 1.54) is 12.8 Å². The Balaban J connectivity index is 3.35. The highest BCUT2D eigenvalue weighted by Crippen LogP contribution is 2.05. The molecule has 2 nitrogen and oxygen atoms in total. The molecule has 0 unspecified atom stereocenters. The quantitative estimate of drug-likeness (QED) is 0.331. The maximum Gasteiger partial charge on any atom is 0.148 e. The predicted octanol–water partition coefficient (Wildman–Crippen LogP) is 2.19.